The molecule has 0 aliphatic carbocycles. The Hall–Kier alpha value is -1.88. The molecule has 0 amide bonds. The second-order valence-electron chi connectivity index (χ2n) is 5.46. The van der Waals surface area contributed by atoms with Crippen molar-refractivity contribution in [2.24, 2.45) is 5.92 Å². The molecule has 0 aromatic carbocycles. The molecule has 2 aromatic heterocycles. The molecule has 0 bridgehead atoms. The minimum atomic E-state index is -0.948. The zero-order valence-electron chi connectivity index (χ0n) is 12.7. The first-order valence-electron chi connectivity index (χ1n) is 6.91. The maximum absolute atomic E-state index is 11.5. The van der Waals surface area contributed by atoms with Crippen molar-refractivity contribution in [1.82, 2.24) is 4.98 Å². The molecule has 5 heteroatoms. The van der Waals surface area contributed by atoms with Crippen LogP contribution in [0.4, 0.5) is 5.69 Å². The Morgan fingerprint density at radius 3 is 2.62 bits per heavy atom. The smallest absolute Gasteiger partial charge is 0.339 e. The molecule has 1 atom stereocenters. The van der Waals surface area contributed by atoms with Crippen molar-refractivity contribution in [2.75, 3.05) is 5.32 Å². The van der Waals surface area contributed by atoms with Gasteiger partial charge in [-0.25, -0.2) is 4.79 Å². The van der Waals surface area contributed by atoms with E-state index in [-0.39, 0.29) is 11.6 Å². The summed E-state index contributed by atoms with van der Waals surface area (Å²) in [7, 11) is 0. The average molecular weight is 304 g/mol. The van der Waals surface area contributed by atoms with Crippen LogP contribution >= 0.6 is 11.3 Å². The first kappa shape index (κ1) is 15.5. The van der Waals surface area contributed by atoms with Crippen molar-refractivity contribution in [3.05, 3.63) is 45.4 Å². The zero-order valence-corrected chi connectivity index (χ0v) is 13.5. The second kappa shape index (κ2) is 6.26. The third kappa shape index (κ3) is 3.42. The average Bonchev–Trinajstić information content (AvgIpc) is 2.87. The molecule has 0 radical (unpaired) electrons. The van der Waals surface area contributed by atoms with Crippen molar-refractivity contribution in [2.45, 2.75) is 33.7 Å². The Morgan fingerprint density at radius 1 is 1.38 bits per heavy atom. The number of aromatic nitrogens is 1. The molecule has 0 fully saturated rings. The van der Waals surface area contributed by atoms with E-state index < -0.39 is 5.97 Å². The Balaban J connectivity index is 2.44. The lowest BCUT2D eigenvalue weighted by Crippen LogP contribution is -2.18. The van der Waals surface area contributed by atoms with E-state index in [1.54, 1.807) is 24.3 Å². The minimum absolute atomic E-state index is 0.0873. The third-order valence-electron chi connectivity index (χ3n) is 3.37. The molecule has 0 saturated carbocycles. The summed E-state index contributed by atoms with van der Waals surface area (Å²) < 4.78 is 0. The molecule has 4 nitrogen and oxygen atoms in total. The minimum Gasteiger partial charge on any atom is -0.478 e. The van der Waals surface area contributed by atoms with E-state index in [0.717, 1.165) is 5.69 Å². The number of thiophene rings is 1. The van der Waals surface area contributed by atoms with Crippen molar-refractivity contribution in [1.29, 1.82) is 0 Å². The molecular formula is C16H20N2O2S. The van der Waals surface area contributed by atoms with Gasteiger partial charge in [-0.3, -0.25) is 4.98 Å². The van der Waals surface area contributed by atoms with E-state index >= 15 is 0 Å². The number of nitrogens with zero attached hydrogens (tertiary/aromatic N) is 1. The molecule has 2 heterocycles. The number of hydrogen-bond acceptors (Lipinski definition) is 4. The van der Waals surface area contributed by atoms with Gasteiger partial charge < -0.3 is 10.4 Å². The number of hydrogen-bond donors (Lipinski definition) is 2. The predicted molar refractivity (Wildman–Crippen MR) is 86.2 cm³/mol. The van der Waals surface area contributed by atoms with Crippen LogP contribution in [0.5, 0.6) is 0 Å². The largest absolute Gasteiger partial charge is 0.478 e. The van der Waals surface area contributed by atoms with E-state index in [9.17, 15) is 9.90 Å². The van der Waals surface area contributed by atoms with E-state index in [2.05, 4.69) is 30.2 Å². The number of carboxylic acid groups (broad SMARTS) is 1. The Labute approximate surface area is 128 Å². The lowest BCUT2D eigenvalue weighted by atomic mass is 10.0. The number of nitrogens with one attached hydrogen (secondary N) is 1. The van der Waals surface area contributed by atoms with Crippen LogP contribution in [0.2, 0.25) is 0 Å². The van der Waals surface area contributed by atoms with Crippen LogP contribution in [0.3, 0.4) is 0 Å². The van der Waals surface area contributed by atoms with Gasteiger partial charge in [-0.15, -0.1) is 11.3 Å². The fourth-order valence-electron chi connectivity index (χ4n) is 2.41. The van der Waals surface area contributed by atoms with Crippen molar-refractivity contribution in [3.8, 4) is 0 Å². The number of aryl methyl sites for hydroxylation is 2. The third-order valence-corrected chi connectivity index (χ3v) is 4.33. The van der Waals surface area contributed by atoms with Gasteiger partial charge in [0.25, 0.3) is 0 Å². The Kier molecular flexibility index (Phi) is 4.63. The number of carbonyl (C=O) groups is 1. The number of anilines is 1. The molecule has 0 spiro atoms. The van der Waals surface area contributed by atoms with Gasteiger partial charge in [0.05, 0.1) is 17.4 Å². The van der Waals surface area contributed by atoms with Crippen molar-refractivity contribution >= 4 is 23.0 Å². The molecule has 2 aromatic rings. The van der Waals surface area contributed by atoms with Crippen LogP contribution < -0.4 is 5.32 Å². The fourth-order valence-corrected chi connectivity index (χ4v) is 3.36. The monoisotopic (exact) mass is 304 g/mol. The molecule has 0 aliphatic heterocycles. The molecule has 0 aliphatic rings. The summed E-state index contributed by atoms with van der Waals surface area (Å²) in [4.78, 5) is 17.0. The highest BCUT2D eigenvalue weighted by molar-refractivity contribution is 7.10. The van der Waals surface area contributed by atoms with Crippen LogP contribution in [0.15, 0.2) is 23.6 Å². The molecule has 0 saturated heterocycles. The number of pyridine rings is 1. The zero-order chi connectivity index (χ0) is 15.6. The van der Waals surface area contributed by atoms with E-state index in [1.807, 2.05) is 18.4 Å². The lowest BCUT2D eigenvalue weighted by Gasteiger charge is -2.24. The fraction of sp³-hybridized carbons (Fsp3) is 0.375. The maximum Gasteiger partial charge on any atom is 0.339 e. The van der Waals surface area contributed by atoms with Gasteiger partial charge in [-0.05, 0) is 37.3 Å². The van der Waals surface area contributed by atoms with E-state index in [0.29, 0.717) is 17.3 Å². The van der Waals surface area contributed by atoms with Gasteiger partial charge in [0.2, 0.25) is 0 Å². The summed E-state index contributed by atoms with van der Waals surface area (Å²) in [5, 5.41) is 14.9. The van der Waals surface area contributed by atoms with Gasteiger partial charge in [-0.2, -0.15) is 0 Å². The quantitative estimate of drug-likeness (QED) is 0.866. The number of rotatable bonds is 5. The van der Waals surface area contributed by atoms with Crippen molar-refractivity contribution in [3.63, 3.8) is 0 Å². The highest BCUT2D eigenvalue weighted by Crippen LogP contribution is 2.31. The SMILES string of the molecule is Cc1cc(NC(c2cccs2)C(C)C)c(C(=O)O)c(C)n1. The predicted octanol–water partition coefficient (Wildman–Crippen LogP) is 4.27. The molecule has 112 valence electrons. The van der Waals surface area contributed by atoms with Gasteiger partial charge >= 0.3 is 5.97 Å². The highest BCUT2D eigenvalue weighted by atomic mass is 32.1. The standard InChI is InChI=1S/C16H20N2O2S/c1-9(2)15(13-6-5-7-21-13)18-12-8-10(3)17-11(4)14(12)16(19)20/h5-9,15H,1-4H3,(H,17,18)(H,19,20). The molecular weight excluding hydrogens is 284 g/mol. The number of carboxylic acids is 1. The molecule has 2 rings (SSSR count). The topological polar surface area (TPSA) is 62.2 Å². The molecule has 1 unspecified atom stereocenters. The van der Waals surface area contributed by atoms with Crippen LogP contribution in [0, 0.1) is 19.8 Å². The van der Waals surface area contributed by atoms with Crippen LogP contribution in [0.1, 0.15) is 46.5 Å². The maximum atomic E-state index is 11.5. The summed E-state index contributed by atoms with van der Waals surface area (Å²) >= 11 is 1.68. The number of aromatic carboxylic acids is 1. The summed E-state index contributed by atoms with van der Waals surface area (Å²) in [6.07, 6.45) is 0. The van der Waals surface area contributed by atoms with Crippen LogP contribution in [-0.2, 0) is 0 Å². The Morgan fingerprint density at radius 2 is 2.10 bits per heavy atom. The van der Waals surface area contributed by atoms with Gasteiger partial charge in [0.15, 0.2) is 0 Å². The first-order chi connectivity index (χ1) is 9.90. The summed E-state index contributed by atoms with van der Waals surface area (Å²) in [5.41, 5.74) is 2.25. The van der Waals surface area contributed by atoms with Crippen molar-refractivity contribution < 1.29 is 9.90 Å². The highest BCUT2D eigenvalue weighted by Gasteiger charge is 2.21. The van der Waals surface area contributed by atoms with Crippen LogP contribution in [0.25, 0.3) is 0 Å². The van der Waals surface area contributed by atoms with E-state index in [1.165, 1.54) is 4.88 Å². The van der Waals surface area contributed by atoms with Crippen LogP contribution in [-0.4, -0.2) is 16.1 Å². The normalized spacial score (nSPS) is 12.4. The summed E-state index contributed by atoms with van der Waals surface area (Å²) in [6.45, 7) is 7.86. The summed E-state index contributed by atoms with van der Waals surface area (Å²) in [6, 6.07) is 5.98. The Bertz CT molecular complexity index is 636. The molecule has 21 heavy (non-hydrogen) atoms. The molecule has 2 N–H and O–H groups in total. The summed E-state index contributed by atoms with van der Waals surface area (Å²) in [5.74, 6) is -0.602. The van der Waals surface area contributed by atoms with Gasteiger partial charge in [0, 0.05) is 10.6 Å². The second-order valence-corrected chi connectivity index (χ2v) is 6.44. The van der Waals surface area contributed by atoms with Gasteiger partial charge in [0.1, 0.15) is 5.56 Å². The lowest BCUT2D eigenvalue weighted by molar-refractivity contribution is 0.0696. The van der Waals surface area contributed by atoms with Gasteiger partial charge in [-0.1, -0.05) is 19.9 Å². The van der Waals surface area contributed by atoms with E-state index in [4.69, 9.17) is 0 Å². The first-order valence-corrected chi connectivity index (χ1v) is 7.79.